The maximum absolute atomic E-state index is 14.0. The van der Waals surface area contributed by atoms with Crippen molar-refractivity contribution < 1.29 is 29.0 Å². The number of carboxylic acid groups (broad SMARTS) is 1. The van der Waals surface area contributed by atoms with Crippen LogP contribution >= 0.6 is 0 Å². The van der Waals surface area contributed by atoms with E-state index in [-0.39, 0.29) is 24.8 Å². The van der Waals surface area contributed by atoms with Crippen LogP contribution in [0.1, 0.15) is 45.2 Å². The molecule has 0 saturated carbocycles. The van der Waals surface area contributed by atoms with E-state index >= 15 is 0 Å². The molecule has 0 spiro atoms. The van der Waals surface area contributed by atoms with Crippen LogP contribution in [0.25, 0.3) is 11.1 Å². The van der Waals surface area contributed by atoms with E-state index in [0.29, 0.717) is 48.4 Å². The first-order chi connectivity index (χ1) is 20.9. The van der Waals surface area contributed by atoms with E-state index in [0.717, 1.165) is 22.6 Å². The number of hydrogen-bond donors (Lipinski definition) is 2. The second-order valence-electron chi connectivity index (χ2n) is 9.89. The molecule has 0 aliphatic carbocycles. The van der Waals surface area contributed by atoms with Crippen LogP contribution in [-0.2, 0) is 17.8 Å². The molecule has 0 atom stereocenters. The predicted molar refractivity (Wildman–Crippen MR) is 166 cm³/mol. The molecule has 4 aromatic carbocycles. The number of rotatable bonds is 14. The summed E-state index contributed by atoms with van der Waals surface area (Å²) in [6.07, 6.45) is 0.343. The lowest BCUT2D eigenvalue weighted by atomic mass is 9.94. The number of nitrogens with zero attached hydrogens (tertiary/aromatic N) is 1. The van der Waals surface area contributed by atoms with Gasteiger partial charge >= 0.3 is 5.97 Å². The second kappa shape index (κ2) is 15.2. The van der Waals surface area contributed by atoms with Crippen LogP contribution in [0.5, 0.6) is 11.5 Å². The highest BCUT2D eigenvalue weighted by molar-refractivity contribution is 6.06. The van der Waals surface area contributed by atoms with E-state index in [1.54, 1.807) is 36.3 Å². The molecular weight excluding hydrogens is 544 g/mol. The van der Waals surface area contributed by atoms with Gasteiger partial charge in [0.2, 0.25) is 0 Å². The van der Waals surface area contributed by atoms with Crippen molar-refractivity contribution in [2.75, 3.05) is 26.8 Å². The monoisotopic (exact) mass is 580 g/mol. The van der Waals surface area contributed by atoms with Gasteiger partial charge in [0, 0.05) is 30.8 Å². The van der Waals surface area contributed by atoms with Gasteiger partial charge < -0.3 is 24.8 Å². The number of hydrogen-bond acceptors (Lipinski definition) is 5. The van der Waals surface area contributed by atoms with Gasteiger partial charge in [-0.1, -0.05) is 60.7 Å². The van der Waals surface area contributed by atoms with Crippen LogP contribution in [0, 0.1) is 0 Å². The minimum Gasteiger partial charge on any atom is -0.497 e. The molecule has 8 nitrogen and oxygen atoms in total. The quantitative estimate of drug-likeness (QED) is 0.194. The summed E-state index contributed by atoms with van der Waals surface area (Å²) in [5, 5.41) is 12.3. The maximum Gasteiger partial charge on any atom is 0.305 e. The summed E-state index contributed by atoms with van der Waals surface area (Å²) in [6, 6.07) is 29.4. The van der Waals surface area contributed by atoms with Gasteiger partial charge in [0.1, 0.15) is 11.5 Å². The average molecular weight is 581 g/mol. The Hall–Kier alpha value is -5.11. The Morgan fingerprint density at radius 2 is 1.44 bits per heavy atom. The summed E-state index contributed by atoms with van der Waals surface area (Å²) in [6.45, 7) is 3.16. The molecule has 2 N–H and O–H groups in total. The lowest BCUT2D eigenvalue weighted by Gasteiger charge is -2.24. The van der Waals surface area contributed by atoms with Crippen molar-refractivity contribution in [2.45, 2.75) is 26.3 Å². The molecule has 43 heavy (non-hydrogen) atoms. The van der Waals surface area contributed by atoms with Gasteiger partial charge in [0.15, 0.2) is 0 Å². The second-order valence-corrected chi connectivity index (χ2v) is 9.89. The molecule has 0 radical (unpaired) electrons. The molecule has 0 unspecified atom stereocenters. The van der Waals surface area contributed by atoms with E-state index in [9.17, 15) is 19.5 Å². The number of carbonyl (C=O) groups excluding carboxylic acids is 2. The molecule has 222 valence electrons. The van der Waals surface area contributed by atoms with Crippen molar-refractivity contribution in [1.29, 1.82) is 0 Å². The fourth-order valence-electron chi connectivity index (χ4n) is 4.78. The third-order valence-corrected chi connectivity index (χ3v) is 6.99. The highest BCUT2D eigenvalue weighted by atomic mass is 16.5. The normalized spacial score (nSPS) is 10.6. The zero-order valence-electron chi connectivity index (χ0n) is 24.4. The molecule has 4 aromatic rings. The van der Waals surface area contributed by atoms with Crippen molar-refractivity contribution in [1.82, 2.24) is 10.2 Å². The smallest absolute Gasteiger partial charge is 0.305 e. The third kappa shape index (κ3) is 8.45. The fraction of sp³-hybridized carbons (Fsp3) is 0.229. The lowest BCUT2D eigenvalue weighted by molar-refractivity contribution is -0.137. The Bertz CT molecular complexity index is 1550. The Balaban J connectivity index is 1.58. The van der Waals surface area contributed by atoms with Gasteiger partial charge in [-0.3, -0.25) is 14.4 Å². The Labute approximate surface area is 251 Å². The van der Waals surface area contributed by atoms with Gasteiger partial charge in [0.05, 0.1) is 20.1 Å². The molecule has 0 aliphatic heterocycles. The first-order valence-electron chi connectivity index (χ1n) is 14.2. The van der Waals surface area contributed by atoms with Gasteiger partial charge in [-0.15, -0.1) is 0 Å². The molecule has 0 saturated heterocycles. The van der Waals surface area contributed by atoms with Crippen LogP contribution in [-0.4, -0.2) is 54.6 Å². The minimum absolute atomic E-state index is 0.0532. The van der Waals surface area contributed by atoms with Gasteiger partial charge in [0.25, 0.3) is 11.8 Å². The van der Waals surface area contributed by atoms with E-state index in [4.69, 9.17) is 9.47 Å². The Morgan fingerprint density at radius 1 is 0.767 bits per heavy atom. The number of carbonyl (C=O) groups is 3. The summed E-state index contributed by atoms with van der Waals surface area (Å²) >= 11 is 0. The molecule has 0 bridgehead atoms. The molecule has 0 fully saturated rings. The number of nitrogens with one attached hydrogen (secondary N) is 1. The molecule has 0 aromatic heterocycles. The number of ether oxygens (including phenoxy) is 2. The summed E-state index contributed by atoms with van der Waals surface area (Å²) in [5.41, 5.74) is 3.93. The van der Waals surface area contributed by atoms with Crippen molar-refractivity contribution >= 4 is 17.8 Å². The summed E-state index contributed by atoms with van der Waals surface area (Å²) < 4.78 is 10.8. The predicted octanol–water partition coefficient (Wildman–Crippen LogP) is 5.85. The maximum atomic E-state index is 14.0. The molecule has 0 heterocycles. The van der Waals surface area contributed by atoms with E-state index < -0.39 is 5.97 Å². The van der Waals surface area contributed by atoms with Gasteiger partial charge in [-0.2, -0.15) is 0 Å². The van der Waals surface area contributed by atoms with Crippen molar-refractivity contribution in [3.05, 3.63) is 119 Å². The SMILES string of the molecule is CCOc1cccc(CCN(CCC(=O)O)C(=O)c2ccccc2-c2ccccc2C(=O)NCc2ccc(OC)cc2)c1. The molecule has 2 amide bonds. The van der Waals surface area contributed by atoms with Crippen molar-refractivity contribution in [3.63, 3.8) is 0 Å². The first kappa shape index (κ1) is 30.8. The third-order valence-electron chi connectivity index (χ3n) is 6.99. The summed E-state index contributed by atoms with van der Waals surface area (Å²) in [4.78, 5) is 40.4. The van der Waals surface area contributed by atoms with E-state index in [2.05, 4.69) is 5.32 Å². The van der Waals surface area contributed by atoms with E-state index in [1.165, 1.54) is 0 Å². The standard InChI is InChI=1S/C35H36N2O6/c1-3-43-28-10-8-9-25(23-28)19-21-37(22-20-33(38)39)35(41)32-14-7-5-12-30(32)29-11-4-6-13-31(29)34(40)36-24-26-15-17-27(42-2)18-16-26/h4-18,23H,3,19-22,24H2,1-2H3,(H,36,40)(H,38,39). The van der Waals surface area contributed by atoms with Crippen molar-refractivity contribution in [2.24, 2.45) is 0 Å². The molecule has 4 rings (SSSR count). The number of carboxylic acids is 1. The largest absolute Gasteiger partial charge is 0.497 e. The topological polar surface area (TPSA) is 105 Å². The Morgan fingerprint density at radius 3 is 2.12 bits per heavy atom. The molecule has 0 aliphatic rings. The average Bonchev–Trinajstić information content (AvgIpc) is 3.04. The minimum atomic E-state index is -0.983. The zero-order valence-corrected chi connectivity index (χ0v) is 24.4. The summed E-state index contributed by atoms with van der Waals surface area (Å²) in [5.74, 6) is -0.0751. The van der Waals surface area contributed by atoms with Crippen LogP contribution < -0.4 is 14.8 Å². The summed E-state index contributed by atoms with van der Waals surface area (Å²) in [7, 11) is 1.60. The zero-order chi connectivity index (χ0) is 30.6. The number of benzene rings is 4. The number of amides is 2. The van der Waals surface area contributed by atoms with Crippen LogP contribution in [0.2, 0.25) is 0 Å². The van der Waals surface area contributed by atoms with Gasteiger partial charge in [-0.25, -0.2) is 0 Å². The number of methoxy groups -OCH3 is 1. The van der Waals surface area contributed by atoms with Crippen LogP contribution in [0.15, 0.2) is 97.1 Å². The molecule has 8 heteroatoms. The Kier molecular flexibility index (Phi) is 10.9. The fourth-order valence-corrected chi connectivity index (χ4v) is 4.78. The highest BCUT2D eigenvalue weighted by Gasteiger charge is 2.22. The van der Waals surface area contributed by atoms with Crippen LogP contribution in [0.4, 0.5) is 0 Å². The van der Waals surface area contributed by atoms with E-state index in [1.807, 2.05) is 79.7 Å². The molecular formula is C35H36N2O6. The van der Waals surface area contributed by atoms with Crippen LogP contribution in [0.3, 0.4) is 0 Å². The van der Waals surface area contributed by atoms with Crippen molar-refractivity contribution in [3.8, 4) is 22.6 Å². The lowest BCUT2D eigenvalue weighted by Crippen LogP contribution is -2.35. The first-order valence-corrected chi connectivity index (χ1v) is 14.2. The van der Waals surface area contributed by atoms with Gasteiger partial charge in [-0.05, 0) is 72.0 Å². The highest BCUT2D eigenvalue weighted by Crippen LogP contribution is 2.29. The number of aliphatic carboxylic acids is 1.